The van der Waals surface area contributed by atoms with E-state index in [-0.39, 0.29) is 0 Å². The molecule has 0 spiro atoms. The van der Waals surface area contributed by atoms with E-state index < -0.39 is 0 Å². The van der Waals surface area contributed by atoms with Gasteiger partial charge in [-0.2, -0.15) is 5.26 Å². The first kappa shape index (κ1) is 5.41. The fraction of sp³-hybridized carbons (Fsp3) is 0. The van der Waals surface area contributed by atoms with Crippen LogP contribution in [-0.2, 0) is 0 Å². The van der Waals surface area contributed by atoms with Crippen LogP contribution in [0.2, 0.25) is 0 Å². The van der Waals surface area contributed by atoms with Gasteiger partial charge in [0.25, 0.3) is 12.1 Å². The summed E-state index contributed by atoms with van der Waals surface area (Å²) in [5, 5.41) is 15.4. The van der Waals surface area contributed by atoms with E-state index in [0.29, 0.717) is 0 Å². The van der Waals surface area contributed by atoms with Gasteiger partial charge in [0.2, 0.25) is 5.73 Å². The standard InChI is InChI=1S/C5N2/c6-4-2-1-3-5-7. The number of nitriles is 1. The quantitative estimate of drug-likeness (QED) is 0.183. The molecule has 0 amide bonds. The molecule has 2 nitrogen and oxygen atoms in total. The van der Waals surface area contributed by atoms with Crippen molar-refractivity contribution in [3.8, 4) is 6.07 Å². The Bertz CT molecular complexity index is 191. The minimum absolute atomic E-state index is 1.53. The maximum atomic E-state index is 7.72. The van der Waals surface area contributed by atoms with Crippen LogP contribution in [0.4, 0.5) is 0 Å². The second-order valence-corrected chi connectivity index (χ2v) is 0.599. The number of nitrogens with zero attached hydrogens (tertiary/aromatic N) is 2. The van der Waals surface area contributed by atoms with E-state index in [1.165, 1.54) is 11.9 Å². The van der Waals surface area contributed by atoms with E-state index in [2.05, 4.69) is 5.73 Å². The average molecular weight is 88.1 g/mol. The van der Waals surface area contributed by atoms with Crippen LogP contribution in [0.5, 0.6) is 0 Å². The highest BCUT2D eigenvalue weighted by Gasteiger charge is 1.64. The zero-order chi connectivity index (χ0) is 5.54. The Hall–Kier alpha value is -1.59. The van der Waals surface area contributed by atoms with Gasteiger partial charge in [-0.15, -0.1) is 0 Å². The van der Waals surface area contributed by atoms with Gasteiger partial charge in [0.05, 0.1) is 0 Å². The van der Waals surface area contributed by atoms with Crippen LogP contribution in [-0.4, -0.2) is 5.87 Å². The van der Waals surface area contributed by atoms with E-state index in [9.17, 15) is 0 Å². The SMILES string of the molecule is N#C[C+]=C=C=C=[N-]. The van der Waals surface area contributed by atoms with Crippen molar-refractivity contribution in [1.29, 1.82) is 5.26 Å². The Morgan fingerprint density at radius 1 is 1.57 bits per heavy atom. The second kappa shape index (κ2) is 4.41. The smallest absolute Gasteiger partial charge is 0.276 e. The molecule has 0 radical (unpaired) electrons. The lowest BCUT2D eigenvalue weighted by atomic mass is 10.6. The lowest BCUT2D eigenvalue weighted by molar-refractivity contribution is 1.52. The maximum absolute atomic E-state index is 7.72. The van der Waals surface area contributed by atoms with E-state index in [1.807, 2.05) is 11.8 Å². The molecule has 0 aromatic heterocycles. The Balaban J connectivity index is 4.27. The highest BCUT2D eigenvalue weighted by molar-refractivity contribution is 5.53. The van der Waals surface area contributed by atoms with E-state index >= 15 is 0 Å². The van der Waals surface area contributed by atoms with E-state index in [4.69, 9.17) is 10.7 Å². The fourth-order valence-corrected chi connectivity index (χ4v) is 0.0872. The predicted octanol–water partition coefficient (Wildman–Crippen LogP) is 0.419. The molecule has 0 fully saturated rings. The molecule has 0 unspecified atom stereocenters. The van der Waals surface area contributed by atoms with Gasteiger partial charge in [0, 0.05) is 0 Å². The van der Waals surface area contributed by atoms with Crippen molar-refractivity contribution in [1.82, 2.24) is 0 Å². The summed E-state index contributed by atoms with van der Waals surface area (Å²) in [5.41, 5.74) is 4.03. The summed E-state index contributed by atoms with van der Waals surface area (Å²) in [7, 11) is 0. The predicted molar refractivity (Wildman–Crippen MR) is 24.2 cm³/mol. The van der Waals surface area contributed by atoms with Crippen LogP contribution in [0, 0.1) is 17.4 Å². The molecule has 0 aliphatic rings. The Morgan fingerprint density at radius 3 is 2.71 bits per heavy atom. The van der Waals surface area contributed by atoms with Crippen molar-refractivity contribution in [2.24, 2.45) is 0 Å². The van der Waals surface area contributed by atoms with E-state index in [1.54, 1.807) is 0 Å². The molecule has 0 aliphatic carbocycles. The molecule has 2 heteroatoms. The van der Waals surface area contributed by atoms with Crippen LogP contribution < -0.4 is 0 Å². The summed E-state index contributed by atoms with van der Waals surface area (Å²) >= 11 is 0. The third-order valence-corrected chi connectivity index (χ3v) is 0.237. The molecule has 7 heavy (non-hydrogen) atoms. The summed E-state index contributed by atoms with van der Waals surface area (Å²) < 4.78 is 0. The monoisotopic (exact) mass is 88.0 g/mol. The van der Waals surface area contributed by atoms with Gasteiger partial charge in [0.15, 0.2) is 5.73 Å². The topological polar surface area (TPSA) is 46.1 Å². The highest BCUT2D eigenvalue weighted by atomic mass is 14.3. The Morgan fingerprint density at radius 2 is 2.29 bits per heavy atom. The molecule has 0 N–H and O–H groups in total. The van der Waals surface area contributed by atoms with Gasteiger partial charge < -0.3 is 5.41 Å². The number of hydrogen-bond acceptors (Lipinski definition) is 1. The minimum atomic E-state index is 1.53. The molecule has 0 heterocycles. The highest BCUT2D eigenvalue weighted by Crippen LogP contribution is 1.49. The largest absolute Gasteiger partial charge is 0.734 e. The molecule has 30 valence electrons. The van der Waals surface area contributed by atoms with Gasteiger partial charge in [0.1, 0.15) is 0 Å². The maximum Gasteiger partial charge on any atom is 0.276 e. The van der Waals surface area contributed by atoms with Gasteiger partial charge in [-0.3, -0.25) is 0 Å². The van der Waals surface area contributed by atoms with Crippen LogP contribution in [0.1, 0.15) is 0 Å². The normalized spacial score (nSPS) is 3.29. The zero-order valence-electron chi connectivity index (χ0n) is 3.39. The third kappa shape index (κ3) is 4.41. The van der Waals surface area contributed by atoms with Crippen molar-refractivity contribution >= 4 is 5.87 Å². The van der Waals surface area contributed by atoms with Gasteiger partial charge in [-0.25, -0.2) is 0 Å². The lowest BCUT2D eigenvalue weighted by Crippen LogP contribution is -1.35. The van der Waals surface area contributed by atoms with Crippen LogP contribution in [0.3, 0.4) is 0 Å². The minimum Gasteiger partial charge on any atom is -0.734 e. The molecule has 0 atom stereocenters. The Kier molecular flexibility index (Phi) is 3.41. The molecule has 0 bridgehead atoms. The second-order valence-electron chi connectivity index (χ2n) is 0.599. The number of allylic oxidation sites excluding steroid dienone is 1. The first-order valence-electron chi connectivity index (χ1n) is 1.45. The van der Waals surface area contributed by atoms with Crippen molar-refractivity contribution in [2.45, 2.75) is 0 Å². The van der Waals surface area contributed by atoms with Gasteiger partial charge in [-0.1, -0.05) is 5.87 Å². The first-order chi connectivity index (χ1) is 3.41. The van der Waals surface area contributed by atoms with Crippen molar-refractivity contribution in [2.75, 3.05) is 0 Å². The summed E-state index contributed by atoms with van der Waals surface area (Å²) in [4.78, 5) is 0. The molecule has 0 saturated heterocycles. The van der Waals surface area contributed by atoms with Crippen LogP contribution in [0.25, 0.3) is 5.41 Å². The summed E-state index contributed by atoms with van der Waals surface area (Å²) in [6, 6.07) is 1.53. The van der Waals surface area contributed by atoms with Gasteiger partial charge in [-0.05, 0) is 0 Å². The van der Waals surface area contributed by atoms with Crippen molar-refractivity contribution in [3.63, 3.8) is 0 Å². The third-order valence-electron chi connectivity index (χ3n) is 0.237. The summed E-state index contributed by atoms with van der Waals surface area (Å²) in [6.45, 7) is 0. The molecule has 0 aliphatic heterocycles. The van der Waals surface area contributed by atoms with Crippen molar-refractivity contribution in [3.05, 3.63) is 22.9 Å². The Labute approximate surface area is 41.2 Å². The van der Waals surface area contributed by atoms with Crippen molar-refractivity contribution < 1.29 is 0 Å². The lowest BCUT2D eigenvalue weighted by Gasteiger charge is -1.35. The summed E-state index contributed by atoms with van der Waals surface area (Å²) in [6.07, 6.45) is 1.97. The molecule has 0 saturated carbocycles. The van der Waals surface area contributed by atoms with E-state index in [0.717, 1.165) is 0 Å². The molecule has 0 aromatic rings. The average Bonchev–Trinajstić information content (AvgIpc) is 1.69. The number of hydrogen-bond donors (Lipinski definition) is 0. The molecular weight excluding hydrogens is 88.1 g/mol. The summed E-state index contributed by atoms with van der Waals surface area (Å²) in [5.74, 6) is 1.53. The molecular formula is C5N2. The fourth-order valence-electron chi connectivity index (χ4n) is 0.0872. The molecule has 0 aromatic carbocycles. The first-order valence-corrected chi connectivity index (χ1v) is 1.45. The number of rotatable bonds is 0. The van der Waals surface area contributed by atoms with Crippen LogP contribution in [0.15, 0.2) is 11.5 Å². The molecule has 0 rings (SSSR count). The van der Waals surface area contributed by atoms with Gasteiger partial charge >= 0.3 is 0 Å². The van der Waals surface area contributed by atoms with Crippen LogP contribution >= 0.6 is 0 Å². The zero-order valence-corrected chi connectivity index (χ0v) is 3.39.